The molecular formula is C16H13BrF2N4O. The van der Waals surface area contributed by atoms with Crippen molar-refractivity contribution in [3.8, 4) is 0 Å². The van der Waals surface area contributed by atoms with Gasteiger partial charge in [-0.25, -0.2) is 13.5 Å². The van der Waals surface area contributed by atoms with Gasteiger partial charge in [0.25, 0.3) is 0 Å². The van der Waals surface area contributed by atoms with Gasteiger partial charge in [-0.2, -0.15) is 0 Å². The molecule has 0 amide bonds. The van der Waals surface area contributed by atoms with Gasteiger partial charge in [-0.3, -0.25) is 0 Å². The molecular weight excluding hydrogens is 382 g/mol. The van der Waals surface area contributed by atoms with Gasteiger partial charge in [0.15, 0.2) is 5.82 Å². The fourth-order valence-electron chi connectivity index (χ4n) is 2.31. The fourth-order valence-corrected chi connectivity index (χ4v) is 2.57. The van der Waals surface area contributed by atoms with E-state index in [0.29, 0.717) is 12.2 Å². The molecule has 3 aromatic rings. The van der Waals surface area contributed by atoms with Crippen LogP contribution >= 0.6 is 15.9 Å². The van der Waals surface area contributed by atoms with Crippen LogP contribution in [-0.4, -0.2) is 25.3 Å². The largest absolute Gasteiger partial charge is 0.386 e. The fraction of sp³-hybridized carbons (Fsp3) is 0.188. The van der Waals surface area contributed by atoms with Crippen LogP contribution in [0, 0.1) is 11.6 Å². The summed E-state index contributed by atoms with van der Waals surface area (Å²) in [6.07, 6.45) is -0.711. The maximum absolute atomic E-state index is 13.7. The minimum atomic E-state index is -1.18. The predicted molar refractivity (Wildman–Crippen MR) is 86.1 cm³/mol. The summed E-state index contributed by atoms with van der Waals surface area (Å²) in [4.78, 5) is 0. The van der Waals surface area contributed by atoms with E-state index in [-0.39, 0.29) is 12.1 Å². The van der Waals surface area contributed by atoms with E-state index in [1.54, 1.807) is 0 Å². The second-order valence-electron chi connectivity index (χ2n) is 5.26. The molecule has 0 radical (unpaired) electrons. The Balaban J connectivity index is 1.76. The molecule has 24 heavy (non-hydrogen) atoms. The zero-order valence-electron chi connectivity index (χ0n) is 12.4. The number of aliphatic hydroxyl groups excluding tert-OH is 1. The second kappa shape index (κ2) is 7.14. The number of rotatable bonds is 5. The van der Waals surface area contributed by atoms with Crippen LogP contribution in [0.3, 0.4) is 0 Å². The number of nitrogens with zero attached hydrogens (tertiary/aromatic N) is 4. The topological polar surface area (TPSA) is 63.8 Å². The molecule has 0 saturated heterocycles. The lowest BCUT2D eigenvalue weighted by Crippen LogP contribution is -2.14. The number of halogens is 3. The summed E-state index contributed by atoms with van der Waals surface area (Å²) >= 11 is 3.37. The standard InChI is InChI=1S/C16H13BrF2N4O/c17-11-3-1-10(2-4-11)7-16-20-21-22-23(16)9-15(24)13-6-5-12(18)8-14(13)19/h1-6,8,15,24H,7,9H2. The molecule has 1 N–H and O–H groups in total. The maximum atomic E-state index is 13.7. The molecule has 2 aromatic carbocycles. The molecule has 1 aromatic heterocycles. The summed E-state index contributed by atoms with van der Waals surface area (Å²) in [7, 11) is 0. The third kappa shape index (κ3) is 3.82. The van der Waals surface area contributed by atoms with Gasteiger partial charge in [-0.05, 0) is 34.2 Å². The van der Waals surface area contributed by atoms with Gasteiger partial charge < -0.3 is 5.11 Å². The molecule has 124 valence electrons. The van der Waals surface area contributed by atoms with Crippen molar-refractivity contribution in [3.05, 3.63) is 75.5 Å². The Hall–Kier alpha value is -2.19. The molecule has 5 nitrogen and oxygen atoms in total. The van der Waals surface area contributed by atoms with Crippen molar-refractivity contribution in [1.29, 1.82) is 0 Å². The Morgan fingerprint density at radius 1 is 1.12 bits per heavy atom. The van der Waals surface area contributed by atoms with Gasteiger partial charge in [0.1, 0.15) is 17.7 Å². The first-order valence-electron chi connectivity index (χ1n) is 7.15. The minimum Gasteiger partial charge on any atom is -0.386 e. The van der Waals surface area contributed by atoms with Crippen molar-refractivity contribution in [1.82, 2.24) is 20.2 Å². The molecule has 1 unspecified atom stereocenters. The van der Waals surface area contributed by atoms with E-state index in [1.165, 1.54) is 10.7 Å². The van der Waals surface area contributed by atoms with E-state index >= 15 is 0 Å². The van der Waals surface area contributed by atoms with E-state index in [1.807, 2.05) is 24.3 Å². The molecule has 1 heterocycles. The highest BCUT2D eigenvalue weighted by atomic mass is 79.9. The number of hydrogen-bond donors (Lipinski definition) is 1. The number of aromatic nitrogens is 4. The Kier molecular flexibility index (Phi) is 4.96. The highest BCUT2D eigenvalue weighted by molar-refractivity contribution is 9.10. The van der Waals surface area contributed by atoms with Crippen LogP contribution in [0.2, 0.25) is 0 Å². The third-order valence-electron chi connectivity index (χ3n) is 3.55. The summed E-state index contributed by atoms with van der Waals surface area (Å²) in [5, 5.41) is 21.6. The third-order valence-corrected chi connectivity index (χ3v) is 4.08. The molecule has 0 aliphatic rings. The van der Waals surface area contributed by atoms with E-state index in [0.717, 1.165) is 22.2 Å². The molecule has 0 saturated carbocycles. The summed E-state index contributed by atoms with van der Waals surface area (Å²) in [5.41, 5.74) is 0.998. The summed E-state index contributed by atoms with van der Waals surface area (Å²) < 4.78 is 29.1. The highest BCUT2D eigenvalue weighted by Gasteiger charge is 2.17. The highest BCUT2D eigenvalue weighted by Crippen LogP contribution is 2.20. The van der Waals surface area contributed by atoms with Gasteiger partial charge in [0.2, 0.25) is 0 Å². The minimum absolute atomic E-state index is 0.00138. The van der Waals surface area contributed by atoms with Crippen LogP contribution in [-0.2, 0) is 13.0 Å². The lowest BCUT2D eigenvalue weighted by Gasteiger charge is -2.13. The van der Waals surface area contributed by atoms with E-state index in [2.05, 4.69) is 31.5 Å². The van der Waals surface area contributed by atoms with E-state index in [4.69, 9.17) is 0 Å². The zero-order chi connectivity index (χ0) is 17.1. The SMILES string of the molecule is OC(Cn1nnnc1Cc1ccc(Br)cc1)c1ccc(F)cc1F. The van der Waals surface area contributed by atoms with Crippen LogP contribution in [0.1, 0.15) is 23.1 Å². The van der Waals surface area contributed by atoms with Crippen molar-refractivity contribution < 1.29 is 13.9 Å². The van der Waals surface area contributed by atoms with Crippen LogP contribution in [0.4, 0.5) is 8.78 Å². The molecule has 0 spiro atoms. The first-order valence-corrected chi connectivity index (χ1v) is 7.95. The summed E-state index contributed by atoms with van der Waals surface area (Å²) in [5.74, 6) is -0.953. The van der Waals surface area contributed by atoms with Crippen molar-refractivity contribution in [2.24, 2.45) is 0 Å². The number of tetrazole rings is 1. The van der Waals surface area contributed by atoms with Crippen LogP contribution in [0.5, 0.6) is 0 Å². The lowest BCUT2D eigenvalue weighted by molar-refractivity contribution is 0.145. The Morgan fingerprint density at radius 3 is 2.58 bits per heavy atom. The Labute approximate surface area is 145 Å². The van der Waals surface area contributed by atoms with Crippen molar-refractivity contribution in [3.63, 3.8) is 0 Å². The molecule has 0 aliphatic heterocycles. The Morgan fingerprint density at radius 2 is 1.88 bits per heavy atom. The molecule has 0 bridgehead atoms. The van der Waals surface area contributed by atoms with Crippen molar-refractivity contribution >= 4 is 15.9 Å². The van der Waals surface area contributed by atoms with E-state index < -0.39 is 17.7 Å². The van der Waals surface area contributed by atoms with Crippen LogP contribution in [0.15, 0.2) is 46.9 Å². The lowest BCUT2D eigenvalue weighted by atomic mass is 10.1. The van der Waals surface area contributed by atoms with Crippen molar-refractivity contribution in [2.75, 3.05) is 0 Å². The average Bonchev–Trinajstić information content (AvgIpc) is 2.96. The quantitative estimate of drug-likeness (QED) is 0.722. The normalized spacial score (nSPS) is 12.3. The number of benzene rings is 2. The number of aliphatic hydroxyl groups is 1. The van der Waals surface area contributed by atoms with Crippen molar-refractivity contribution in [2.45, 2.75) is 19.1 Å². The Bertz CT molecular complexity index is 838. The van der Waals surface area contributed by atoms with Crippen LogP contribution in [0.25, 0.3) is 0 Å². The molecule has 1 atom stereocenters. The van der Waals surface area contributed by atoms with Gasteiger partial charge in [-0.1, -0.05) is 34.1 Å². The van der Waals surface area contributed by atoms with Gasteiger partial charge >= 0.3 is 0 Å². The average molecular weight is 395 g/mol. The van der Waals surface area contributed by atoms with Gasteiger partial charge in [-0.15, -0.1) is 5.10 Å². The van der Waals surface area contributed by atoms with Crippen LogP contribution < -0.4 is 0 Å². The smallest absolute Gasteiger partial charge is 0.155 e. The maximum Gasteiger partial charge on any atom is 0.155 e. The molecule has 3 rings (SSSR count). The molecule has 0 fully saturated rings. The zero-order valence-corrected chi connectivity index (χ0v) is 14.0. The monoisotopic (exact) mass is 394 g/mol. The van der Waals surface area contributed by atoms with E-state index in [9.17, 15) is 13.9 Å². The summed E-state index contributed by atoms with van der Waals surface area (Å²) in [6.45, 7) is -0.0264. The van der Waals surface area contributed by atoms with Gasteiger partial charge in [0.05, 0.1) is 6.54 Å². The predicted octanol–water partition coefficient (Wildman–Crippen LogP) is 3.04. The first-order chi connectivity index (χ1) is 11.5. The van der Waals surface area contributed by atoms with Gasteiger partial charge in [0, 0.05) is 22.5 Å². The molecule has 0 aliphatic carbocycles. The summed E-state index contributed by atoms with van der Waals surface area (Å²) in [6, 6.07) is 10.7. The second-order valence-corrected chi connectivity index (χ2v) is 6.18. The molecule has 8 heteroatoms. The first kappa shape index (κ1) is 16.7. The number of hydrogen-bond acceptors (Lipinski definition) is 4.